The van der Waals surface area contributed by atoms with Gasteiger partial charge in [-0.25, -0.2) is 4.98 Å². The highest BCUT2D eigenvalue weighted by Crippen LogP contribution is 2.22. The van der Waals surface area contributed by atoms with Crippen LogP contribution in [0.3, 0.4) is 0 Å². The Morgan fingerprint density at radius 1 is 1.19 bits per heavy atom. The largest absolute Gasteiger partial charge is 0.340 e. The van der Waals surface area contributed by atoms with Crippen molar-refractivity contribution in [2.75, 3.05) is 19.6 Å². The van der Waals surface area contributed by atoms with Gasteiger partial charge in [0.15, 0.2) is 0 Å². The maximum absolute atomic E-state index is 12.7. The first-order valence-corrected chi connectivity index (χ1v) is 8.76. The summed E-state index contributed by atoms with van der Waals surface area (Å²) >= 11 is 0. The number of carbonyl (C=O) groups is 2. The van der Waals surface area contributed by atoms with Gasteiger partial charge in [-0.1, -0.05) is 18.2 Å². The van der Waals surface area contributed by atoms with E-state index in [1.54, 1.807) is 22.8 Å². The van der Waals surface area contributed by atoms with E-state index in [9.17, 15) is 14.4 Å². The number of carbonyl (C=O) groups excluding carboxylic acids is 2. The number of aromatic nitrogens is 2. The average molecular weight is 352 g/mol. The molecule has 1 N–H and O–H groups in total. The molecular weight excluding hydrogens is 332 g/mol. The van der Waals surface area contributed by atoms with Gasteiger partial charge in [-0.05, 0) is 25.0 Å². The van der Waals surface area contributed by atoms with E-state index in [0.717, 1.165) is 11.3 Å². The number of nitrogens with one attached hydrogen (secondary N) is 1. The van der Waals surface area contributed by atoms with Crippen LogP contribution in [0, 0.1) is 6.92 Å². The molecule has 2 aliphatic rings. The number of benzene rings is 1. The van der Waals surface area contributed by atoms with E-state index < -0.39 is 0 Å². The smallest absolute Gasteiger partial charge is 0.254 e. The van der Waals surface area contributed by atoms with Crippen LogP contribution in [0.4, 0.5) is 0 Å². The number of aromatic amines is 1. The van der Waals surface area contributed by atoms with Crippen molar-refractivity contribution in [1.82, 2.24) is 19.8 Å². The lowest BCUT2D eigenvalue weighted by Gasteiger charge is -2.23. The van der Waals surface area contributed by atoms with E-state index >= 15 is 0 Å². The zero-order valence-electron chi connectivity index (χ0n) is 14.6. The maximum Gasteiger partial charge on any atom is 0.254 e. The zero-order valence-corrected chi connectivity index (χ0v) is 14.6. The molecule has 26 heavy (non-hydrogen) atoms. The number of fused-ring (bicyclic) bond motifs is 2. The second kappa shape index (κ2) is 6.40. The van der Waals surface area contributed by atoms with Gasteiger partial charge in [0.2, 0.25) is 5.91 Å². The molecule has 0 unspecified atom stereocenters. The van der Waals surface area contributed by atoms with Crippen LogP contribution in [0.5, 0.6) is 0 Å². The van der Waals surface area contributed by atoms with E-state index in [1.165, 1.54) is 0 Å². The fourth-order valence-corrected chi connectivity index (χ4v) is 3.69. The lowest BCUT2D eigenvalue weighted by Crippen LogP contribution is -2.41. The molecule has 0 atom stereocenters. The number of aryl methyl sites for hydroxylation is 1. The quantitative estimate of drug-likeness (QED) is 0.860. The van der Waals surface area contributed by atoms with Crippen LogP contribution in [0.1, 0.15) is 33.0 Å². The minimum atomic E-state index is -0.119. The van der Waals surface area contributed by atoms with Crippen molar-refractivity contribution in [2.45, 2.75) is 26.3 Å². The molecule has 2 amide bonds. The standard InChI is InChI=1S/C19H20N4O3/c1-12-20-16-7-9-22(8-6-15(16)18(25)21-12)17(24)11-23-10-13-4-2-3-5-14(13)19(23)26/h2-5H,6-11H2,1H3,(H,20,21,25). The van der Waals surface area contributed by atoms with E-state index in [1.807, 2.05) is 18.2 Å². The summed E-state index contributed by atoms with van der Waals surface area (Å²) in [5, 5.41) is 0. The summed E-state index contributed by atoms with van der Waals surface area (Å²) < 4.78 is 0. The maximum atomic E-state index is 12.7. The van der Waals surface area contributed by atoms with Crippen LogP contribution < -0.4 is 5.56 Å². The topological polar surface area (TPSA) is 86.4 Å². The number of rotatable bonds is 2. The Kier molecular flexibility index (Phi) is 4.06. The Labute approximate surface area is 150 Å². The predicted molar refractivity (Wildman–Crippen MR) is 94.8 cm³/mol. The van der Waals surface area contributed by atoms with Crippen LogP contribution in [0.25, 0.3) is 0 Å². The summed E-state index contributed by atoms with van der Waals surface area (Å²) in [5.74, 6) is 0.405. The van der Waals surface area contributed by atoms with Crippen molar-refractivity contribution in [3.05, 3.63) is 62.8 Å². The van der Waals surface area contributed by atoms with Crippen LogP contribution >= 0.6 is 0 Å². The van der Waals surface area contributed by atoms with Gasteiger partial charge < -0.3 is 14.8 Å². The van der Waals surface area contributed by atoms with Gasteiger partial charge in [-0.15, -0.1) is 0 Å². The molecule has 1 aromatic heterocycles. The second-order valence-corrected chi connectivity index (χ2v) is 6.78. The molecule has 0 aliphatic carbocycles. The summed E-state index contributed by atoms with van der Waals surface area (Å²) in [5.41, 5.74) is 2.95. The first-order valence-electron chi connectivity index (χ1n) is 8.76. The molecule has 0 fully saturated rings. The van der Waals surface area contributed by atoms with Crippen LogP contribution in [0.2, 0.25) is 0 Å². The molecule has 0 spiro atoms. The monoisotopic (exact) mass is 352 g/mol. The van der Waals surface area contributed by atoms with Crippen LogP contribution in [0.15, 0.2) is 29.1 Å². The molecule has 0 saturated carbocycles. The molecule has 7 nitrogen and oxygen atoms in total. The fraction of sp³-hybridized carbons (Fsp3) is 0.368. The molecule has 4 rings (SSSR count). The minimum absolute atomic E-state index is 0.0622. The first kappa shape index (κ1) is 16.5. The second-order valence-electron chi connectivity index (χ2n) is 6.78. The molecule has 7 heteroatoms. The third-order valence-corrected chi connectivity index (χ3v) is 5.04. The Bertz CT molecular complexity index is 950. The van der Waals surface area contributed by atoms with E-state index in [-0.39, 0.29) is 23.9 Å². The van der Waals surface area contributed by atoms with Gasteiger partial charge in [0.05, 0.1) is 5.69 Å². The highest BCUT2D eigenvalue weighted by molar-refractivity contribution is 6.00. The number of amides is 2. The Morgan fingerprint density at radius 3 is 2.77 bits per heavy atom. The highest BCUT2D eigenvalue weighted by atomic mass is 16.2. The molecule has 0 radical (unpaired) electrons. The van der Waals surface area contributed by atoms with Gasteiger partial charge in [0.25, 0.3) is 11.5 Å². The normalized spacial score (nSPS) is 16.3. The van der Waals surface area contributed by atoms with E-state index in [0.29, 0.717) is 49.4 Å². The lowest BCUT2D eigenvalue weighted by molar-refractivity contribution is -0.131. The molecule has 0 bridgehead atoms. The highest BCUT2D eigenvalue weighted by Gasteiger charge is 2.30. The fourth-order valence-electron chi connectivity index (χ4n) is 3.69. The summed E-state index contributed by atoms with van der Waals surface area (Å²) in [6.07, 6.45) is 1.04. The van der Waals surface area contributed by atoms with Crippen LogP contribution in [-0.4, -0.2) is 51.2 Å². The number of hydrogen-bond acceptors (Lipinski definition) is 4. The minimum Gasteiger partial charge on any atom is -0.340 e. The van der Waals surface area contributed by atoms with Crippen molar-refractivity contribution in [3.8, 4) is 0 Å². The molecule has 2 aliphatic heterocycles. The van der Waals surface area contributed by atoms with Crippen molar-refractivity contribution in [1.29, 1.82) is 0 Å². The molecule has 0 saturated heterocycles. The number of hydrogen-bond donors (Lipinski definition) is 1. The summed E-state index contributed by atoms with van der Waals surface area (Å²) in [7, 11) is 0. The Balaban J connectivity index is 1.45. The third kappa shape index (κ3) is 2.89. The molecular formula is C19H20N4O3. The predicted octanol–water partition coefficient (Wildman–Crippen LogP) is 0.662. The Morgan fingerprint density at radius 2 is 1.96 bits per heavy atom. The van der Waals surface area contributed by atoms with Crippen LogP contribution in [-0.2, 0) is 24.2 Å². The number of H-pyrrole nitrogens is 1. The van der Waals surface area contributed by atoms with Gasteiger partial charge in [0.1, 0.15) is 12.4 Å². The molecule has 3 heterocycles. The van der Waals surface area contributed by atoms with Crippen molar-refractivity contribution in [3.63, 3.8) is 0 Å². The van der Waals surface area contributed by atoms with Gasteiger partial charge in [-0.2, -0.15) is 0 Å². The number of nitrogens with zero attached hydrogens (tertiary/aromatic N) is 3. The van der Waals surface area contributed by atoms with E-state index in [2.05, 4.69) is 9.97 Å². The SMILES string of the molecule is Cc1nc2c(c(=O)[nH]1)CCN(C(=O)CN1Cc3ccccc3C1=O)CC2. The van der Waals surface area contributed by atoms with Crippen molar-refractivity contribution < 1.29 is 9.59 Å². The Hall–Kier alpha value is -2.96. The summed E-state index contributed by atoms with van der Waals surface area (Å²) in [6, 6.07) is 7.45. The third-order valence-electron chi connectivity index (χ3n) is 5.04. The first-order chi connectivity index (χ1) is 12.5. The van der Waals surface area contributed by atoms with Gasteiger partial charge in [0, 0.05) is 37.2 Å². The van der Waals surface area contributed by atoms with E-state index in [4.69, 9.17) is 0 Å². The lowest BCUT2D eigenvalue weighted by atomic mass is 10.1. The molecule has 2 aromatic rings. The zero-order chi connectivity index (χ0) is 18.3. The summed E-state index contributed by atoms with van der Waals surface area (Å²) in [4.78, 5) is 47.7. The van der Waals surface area contributed by atoms with Crippen molar-refractivity contribution in [2.24, 2.45) is 0 Å². The molecule has 134 valence electrons. The van der Waals surface area contributed by atoms with Crippen molar-refractivity contribution >= 4 is 11.8 Å². The molecule has 1 aromatic carbocycles. The average Bonchev–Trinajstić information content (AvgIpc) is 2.79. The van der Waals surface area contributed by atoms with Gasteiger partial charge >= 0.3 is 0 Å². The van der Waals surface area contributed by atoms with Gasteiger partial charge in [-0.3, -0.25) is 14.4 Å². The summed E-state index contributed by atoms with van der Waals surface area (Å²) in [6.45, 7) is 3.26.